The first-order valence-electron chi connectivity index (χ1n) is 10.6. The number of likely N-dealkylation sites (tertiary alicyclic amines) is 1. The molecule has 2 aliphatic heterocycles. The molecule has 6 nitrogen and oxygen atoms in total. The molecule has 0 saturated carbocycles. The van der Waals surface area contributed by atoms with E-state index in [1.54, 1.807) is 25.3 Å². The van der Waals surface area contributed by atoms with E-state index in [1.807, 2.05) is 9.80 Å². The summed E-state index contributed by atoms with van der Waals surface area (Å²) < 4.78 is 19.2. The van der Waals surface area contributed by atoms with Crippen LogP contribution in [-0.2, 0) is 20.9 Å². The minimum atomic E-state index is -0.546. The van der Waals surface area contributed by atoms with Crippen molar-refractivity contribution < 1.29 is 18.7 Å². The highest BCUT2D eigenvalue weighted by atomic mass is 19.1. The fourth-order valence-electron chi connectivity index (χ4n) is 4.30. The molecule has 2 fully saturated rings. The summed E-state index contributed by atoms with van der Waals surface area (Å²) in [6.45, 7) is 3.74. The second-order valence-electron chi connectivity index (χ2n) is 8.03. The molecule has 1 atom stereocenters. The van der Waals surface area contributed by atoms with E-state index in [-0.39, 0.29) is 24.1 Å². The van der Waals surface area contributed by atoms with Gasteiger partial charge in [-0.05, 0) is 37.7 Å². The number of carbonyl (C=O) groups excluding carboxylic acids is 2. The summed E-state index contributed by atoms with van der Waals surface area (Å²) in [5, 5.41) is 2.85. The van der Waals surface area contributed by atoms with Crippen LogP contribution >= 0.6 is 0 Å². The summed E-state index contributed by atoms with van der Waals surface area (Å²) in [6, 6.07) is 6.06. The predicted octanol–water partition coefficient (Wildman–Crippen LogP) is 2.18. The SMILES string of the molecule is COCCCC1CCN(C(=O)C[C@@H]2C(=O)NCCN2Cc2ccccc2F)CC1. The lowest BCUT2D eigenvalue weighted by atomic mass is 9.92. The van der Waals surface area contributed by atoms with E-state index in [1.165, 1.54) is 6.07 Å². The maximum atomic E-state index is 14.1. The standard InChI is InChI=1S/C22H32FN3O3/c1-29-14-4-5-17-8-11-25(12-9-17)21(27)15-20-22(28)24-10-13-26(20)16-18-6-2-3-7-19(18)23/h2-3,6-7,17,20H,4-5,8-16H2,1H3,(H,24,28)/t20-/m1/s1. The Morgan fingerprint density at radius 2 is 2.00 bits per heavy atom. The van der Waals surface area contributed by atoms with Crippen molar-refractivity contribution in [3.63, 3.8) is 0 Å². The second-order valence-corrected chi connectivity index (χ2v) is 8.03. The first-order chi connectivity index (χ1) is 14.1. The van der Waals surface area contributed by atoms with E-state index in [9.17, 15) is 14.0 Å². The number of nitrogens with zero attached hydrogens (tertiary/aromatic N) is 2. The highest BCUT2D eigenvalue weighted by Crippen LogP contribution is 2.23. The molecule has 0 spiro atoms. The number of carbonyl (C=O) groups is 2. The zero-order valence-corrected chi connectivity index (χ0v) is 17.2. The third-order valence-electron chi connectivity index (χ3n) is 6.07. The van der Waals surface area contributed by atoms with Crippen LogP contribution in [0.2, 0.25) is 0 Å². The number of piperidine rings is 1. The Kier molecular flexibility index (Phi) is 8.00. The van der Waals surface area contributed by atoms with Gasteiger partial charge in [-0.3, -0.25) is 14.5 Å². The largest absolute Gasteiger partial charge is 0.385 e. The molecule has 2 aliphatic rings. The highest BCUT2D eigenvalue weighted by molar-refractivity contribution is 5.88. The van der Waals surface area contributed by atoms with Crippen LogP contribution in [0.1, 0.15) is 37.7 Å². The van der Waals surface area contributed by atoms with Crippen molar-refractivity contribution in [2.45, 2.75) is 44.7 Å². The summed E-state index contributed by atoms with van der Waals surface area (Å²) in [4.78, 5) is 29.1. The van der Waals surface area contributed by atoms with Gasteiger partial charge in [-0.25, -0.2) is 4.39 Å². The molecule has 2 saturated heterocycles. The number of amides is 2. The summed E-state index contributed by atoms with van der Waals surface area (Å²) >= 11 is 0. The Bertz CT molecular complexity index is 692. The number of methoxy groups -OCH3 is 1. The quantitative estimate of drug-likeness (QED) is 0.674. The number of rotatable bonds is 8. The average molecular weight is 406 g/mol. The van der Waals surface area contributed by atoms with E-state index in [0.29, 0.717) is 31.1 Å². The van der Waals surface area contributed by atoms with Gasteiger partial charge >= 0.3 is 0 Å². The lowest BCUT2D eigenvalue weighted by molar-refractivity contribution is -0.140. The number of halogens is 1. The van der Waals surface area contributed by atoms with Gasteiger partial charge in [0.25, 0.3) is 0 Å². The number of nitrogens with one attached hydrogen (secondary N) is 1. The zero-order valence-electron chi connectivity index (χ0n) is 17.2. The third-order valence-corrected chi connectivity index (χ3v) is 6.07. The molecule has 1 N–H and O–H groups in total. The minimum absolute atomic E-state index is 0.0147. The minimum Gasteiger partial charge on any atom is -0.385 e. The molecule has 2 heterocycles. The van der Waals surface area contributed by atoms with Gasteiger partial charge in [0.1, 0.15) is 5.82 Å². The molecule has 0 unspecified atom stereocenters. The fourth-order valence-corrected chi connectivity index (χ4v) is 4.30. The van der Waals surface area contributed by atoms with E-state index < -0.39 is 6.04 Å². The summed E-state index contributed by atoms with van der Waals surface area (Å²) in [7, 11) is 1.72. The first kappa shape index (κ1) is 21.7. The van der Waals surface area contributed by atoms with Crippen LogP contribution in [0.5, 0.6) is 0 Å². The number of piperazine rings is 1. The van der Waals surface area contributed by atoms with Crippen molar-refractivity contribution in [2.75, 3.05) is 39.9 Å². The zero-order chi connectivity index (χ0) is 20.6. The smallest absolute Gasteiger partial charge is 0.237 e. The second kappa shape index (κ2) is 10.7. The van der Waals surface area contributed by atoms with E-state index >= 15 is 0 Å². The van der Waals surface area contributed by atoms with Gasteiger partial charge in [-0.2, -0.15) is 0 Å². The Hall–Kier alpha value is -1.99. The number of ether oxygens (including phenoxy) is 1. The van der Waals surface area contributed by atoms with Gasteiger partial charge in [0.2, 0.25) is 11.8 Å². The van der Waals surface area contributed by atoms with Gasteiger partial charge in [0.15, 0.2) is 0 Å². The molecule has 1 aromatic rings. The van der Waals surface area contributed by atoms with Crippen molar-refractivity contribution in [3.8, 4) is 0 Å². The molecular weight excluding hydrogens is 373 g/mol. The van der Waals surface area contributed by atoms with E-state index in [2.05, 4.69) is 5.32 Å². The molecule has 0 aromatic heterocycles. The normalized spacial score (nSPS) is 21.2. The van der Waals surface area contributed by atoms with Crippen molar-refractivity contribution >= 4 is 11.8 Å². The van der Waals surface area contributed by atoms with Crippen LogP contribution in [0.4, 0.5) is 4.39 Å². The Labute approximate surface area is 172 Å². The predicted molar refractivity (Wildman–Crippen MR) is 109 cm³/mol. The molecular formula is C22H32FN3O3. The van der Waals surface area contributed by atoms with Crippen LogP contribution in [0.3, 0.4) is 0 Å². The van der Waals surface area contributed by atoms with Crippen molar-refractivity contribution in [2.24, 2.45) is 5.92 Å². The summed E-state index contributed by atoms with van der Waals surface area (Å²) in [5.74, 6) is 0.236. The van der Waals surface area contributed by atoms with Crippen LogP contribution in [-0.4, -0.2) is 67.6 Å². The van der Waals surface area contributed by atoms with Crippen LogP contribution < -0.4 is 5.32 Å². The van der Waals surface area contributed by atoms with Gasteiger partial charge in [0, 0.05) is 52.0 Å². The van der Waals surface area contributed by atoms with E-state index in [4.69, 9.17) is 4.74 Å². The van der Waals surface area contributed by atoms with Gasteiger partial charge in [0.05, 0.1) is 12.5 Å². The van der Waals surface area contributed by atoms with Crippen molar-refractivity contribution in [1.29, 1.82) is 0 Å². The Morgan fingerprint density at radius 3 is 2.72 bits per heavy atom. The highest BCUT2D eigenvalue weighted by Gasteiger charge is 2.34. The molecule has 160 valence electrons. The monoisotopic (exact) mass is 405 g/mol. The average Bonchev–Trinajstić information content (AvgIpc) is 2.73. The maximum Gasteiger partial charge on any atom is 0.237 e. The number of hydrogen-bond acceptors (Lipinski definition) is 4. The molecule has 3 rings (SSSR count). The number of hydrogen-bond donors (Lipinski definition) is 1. The Balaban J connectivity index is 1.54. The molecule has 0 aliphatic carbocycles. The molecule has 7 heteroatoms. The van der Waals surface area contributed by atoms with Crippen LogP contribution in [0.15, 0.2) is 24.3 Å². The van der Waals surface area contributed by atoms with Crippen molar-refractivity contribution in [3.05, 3.63) is 35.6 Å². The lowest BCUT2D eigenvalue weighted by Crippen LogP contribution is -2.56. The third kappa shape index (κ3) is 6.00. The first-order valence-corrected chi connectivity index (χ1v) is 10.6. The van der Waals surface area contributed by atoms with Gasteiger partial charge in [-0.1, -0.05) is 18.2 Å². The summed E-state index contributed by atoms with van der Waals surface area (Å²) in [6.07, 6.45) is 4.35. The van der Waals surface area contributed by atoms with Crippen molar-refractivity contribution in [1.82, 2.24) is 15.1 Å². The maximum absolute atomic E-state index is 14.1. The van der Waals surface area contributed by atoms with Gasteiger partial charge < -0.3 is 15.0 Å². The van der Waals surface area contributed by atoms with Crippen LogP contribution in [0.25, 0.3) is 0 Å². The number of benzene rings is 1. The molecule has 1 aromatic carbocycles. The van der Waals surface area contributed by atoms with Crippen LogP contribution in [0, 0.1) is 11.7 Å². The van der Waals surface area contributed by atoms with Gasteiger partial charge in [-0.15, -0.1) is 0 Å². The molecule has 0 bridgehead atoms. The Morgan fingerprint density at radius 1 is 1.24 bits per heavy atom. The topological polar surface area (TPSA) is 61.9 Å². The van der Waals surface area contributed by atoms with E-state index in [0.717, 1.165) is 45.4 Å². The fraction of sp³-hybridized carbons (Fsp3) is 0.636. The lowest BCUT2D eigenvalue weighted by Gasteiger charge is -2.37. The summed E-state index contributed by atoms with van der Waals surface area (Å²) in [5.41, 5.74) is 0.552. The molecule has 0 radical (unpaired) electrons. The molecule has 2 amide bonds. The molecule has 29 heavy (non-hydrogen) atoms.